The lowest BCUT2D eigenvalue weighted by Crippen LogP contribution is -3.00. The molecule has 0 bridgehead atoms. The van der Waals surface area contributed by atoms with E-state index in [2.05, 4.69) is 21.1 Å². The predicted octanol–water partition coefficient (Wildman–Crippen LogP) is -0.739. The van der Waals surface area contributed by atoms with Crippen LogP contribution in [0.3, 0.4) is 0 Å². The molecule has 0 aromatic heterocycles. The van der Waals surface area contributed by atoms with Crippen LogP contribution in [0.2, 0.25) is 0 Å². The first-order valence-electron chi connectivity index (χ1n) is 2.76. The standard InChI is InChI=1S/C7H6BrNO.ClH/c8-7-3-1-6(2-4-7)5-9-10;/h1-5,10H;1H/p-1/b9-5+;. The zero-order valence-corrected chi connectivity index (χ0v) is 7.88. The van der Waals surface area contributed by atoms with Crippen LogP contribution in [0.4, 0.5) is 0 Å². The average Bonchev–Trinajstić information content (AvgIpc) is 1.95. The van der Waals surface area contributed by atoms with Crippen molar-refractivity contribution >= 4 is 22.1 Å². The van der Waals surface area contributed by atoms with Gasteiger partial charge in [-0.3, -0.25) is 0 Å². The third kappa shape index (κ3) is 3.39. The summed E-state index contributed by atoms with van der Waals surface area (Å²) in [6.45, 7) is 0. The van der Waals surface area contributed by atoms with Gasteiger partial charge in [0.1, 0.15) is 0 Å². The lowest BCUT2D eigenvalue weighted by Gasteiger charge is -1.89. The maximum Gasteiger partial charge on any atom is 0.0733 e. The second-order valence-electron chi connectivity index (χ2n) is 1.80. The Balaban J connectivity index is 0.000001000. The summed E-state index contributed by atoms with van der Waals surface area (Å²) in [6, 6.07) is 7.47. The molecule has 1 aromatic carbocycles. The summed E-state index contributed by atoms with van der Waals surface area (Å²) in [5.41, 5.74) is 0.880. The summed E-state index contributed by atoms with van der Waals surface area (Å²) in [5, 5.41) is 11.0. The predicted molar refractivity (Wildman–Crippen MR) is 43.5 cm³/mol. The van der Waals surface area contributed by atoms with Gasteiger partial charge in [-0.05, 0) is 17.7 Å². The summed E-state index contributed by atoms with van der Waals surface area (Å²) in [5.74, 6) is 0. The van der Waals surface area contributed by atoms with Gasteiger partial charge in [0, 0.05) is 4.47 Å². The van der Waals surface area contributed by atoms with E-state index < -0.39 is 0 Å². The molecule has 0 aliphatic rings. The molecule has 4 heteroatoms. The zero-order chi connectivity index (χ0) is 7.40. The largest absolute Gasteiger partial charge is 1.00 e. The van der Waals surface area contributed by atoms with E-state index >= 15 is 0 Å². The van der Waals surface area contributed by atoms with E-state index in [-0.39, 0.29) is 12.4 Å². The van der Waals surface area contributed by atoms with Crippen molar-refractivity contribution in [3.63, 3.8) is 0 Å². The van der Waals surface area contributed by atoms with E-state index in [9.17, 15) is 0 Å². The Labute approximate surface area is 79.5 Å². The van der Waals surface area contributed by atoms with Gasteiger partial charge in [-0.15, -0.1) is 0 Å². The van der Waals surface area contributed by atoms with Gasteiger partial charge in [-0.2, -0.15) is 0 Å². The first kappa shape index (κ1) is 10.5. The first-order valence-corrected chi connectivity index (χ1v) is 3.55. The molecule has 0 fully saturated rings. The van der Waals surface area contributed by atoms with Crippen LogP contribution in [0.5, 0.6) is 0 Å². The van der Waals surface area contributed by atoms with Gasteiger partial charge in [0.15, 0.2) is 0 Å². The van der Waals surface area contributed by atoms with Crippen molar-refractivity contribution in [2.24, 2.45) is 5.16 Å². The van der Waals surface area contributed by atoms with Crippen LogP contribution in [-0.2, 0) is 0 Å². The van der Waals surface area contributed by atoms with Crippen LogP contribution in [-0.4, -0.2) is 11.4 Å². The van der Waals surface area contributed by atoms with Crippen LogP contribution < -0.4 is 12.4 Å². The Bertz CT molecular complexity index is 235. The van der Waals surface area contributed by atoms with Crippen molar-refractivity contribution in [2.75, 3.05) is 0 Å². The molecule has 0 amide bonds. The van der Waals surface area contributed by atoms with Crippen LogP contribution in [0.25, 0.3) is 0 Å². The molecular weight excluding hydrogens is 229 g/mol. The summed E-state index contributed by atoms with van der Waals surface area (Å²) in [7, 11) is 0. The lowest BCUT2D eigenvalue weighted by molar-refractivity contribution is -0.00000273. The Morgan fingerprint density at radius 2 is 1.82 bits per heavy atom. The van der Waals surface area contributed by atoms with Gasteiger partial charge in [-0.1, -0.05) is 33.2 Å². The number of rotatable bonds is 1. The molecule has 60 valence electrons. The molecule has 0 radical (unpaired) electrons. The van der Waals surface area contributed by atoms with Crippen LogP contribution in [0.15, 0.2) is 33.9 Å². The molecule has 0 saturated heterocycles. The fourth-order valence-electron chi connectivity index (χ4n) is 0.616. The third-order valence-corrected chi connectivity index (χ3v) is 1.61. The number of oxime groups is 1. The fourth-order valence-corrected chi connectivity index (χ4v) is 0.880. The van der Waals surface area contributed by atoms with Gasteiger partial charge in [0.25, 0.3) is 0 Å². The highest BCUT2D eigenvalue weighted by Gasteiger charge is 1.86. The number of hydrogen-bond donors (Lipinski definition) is 1. The van der Waals surface area contributed by atoms with Gasteiger partial charge in [0.05, 0.1) is 6.21 Å². The van der Waals surface area contributed by atoms with Gasteiger partial charge < -0.3 is 17.6 Å². The molecule has 1 aromatic rings. The minimum Gasteiger partial charge on any atom is -1.00 e. The van der Waals surface area contributed by atoms with Gasteiger partial charge in [0.2, 0.25) is 0 Å². The van der Waals surface area contributed by atoms with Crippen molar-refractivity contribution in [3.05, 3.63) is 34.3 Å². The van der Waals surface area contributed by atoms with E-state index in [4.69, 9.17) is 5.21 Å². The highest BCUT2D eigenvalue weighted by Crippen LogP contribution is 2.08. The van der Waals surface area contributed by atoms with Crippen LogP contribution in [0.1, 0.15) is 5.56 Å². The molecule has 11 heavy (non-hydrogen) atoms. The molecule has 0 aliphatic carbocycles. The van der Waals surface area contributed by atoms with Crippen molar-refractivity contribution < 1.29 is 17.6 Å². The van der Waals surface area contributed by atoms with Crippen LogP contribution in [0, 0.1) is 0 Å². The van der Waals surface area contributed by atoms with Crippen molar-refractivity contribution in [1.29, 1.82) is 0 Å². The molecule has 1 rings (SSSR count). The Morgan fingerprint density at radius 1 is 1.27 bits per heavy atom. The van der Waals surface area contributed by atoms with Crippen molar-refractivity contribution in [3.8, 4) is 0 Å². The number of hydrogen-bond acceptors (Lipinski definition) is 2. The Hall–Kier alpha value is -0.540. The van der Waals surface area contributed by atoms with Crippen molar-refractivity contribution in [2.45, 2.75) is 0 Å². The maximum absolute atomic E-state index is 8.15. The smallest absolute Gasteiger partial charge is 0.0733 e. The first-order chi connectivity index (χ1) is 4.83. The highest BCUT2D eigenvalue weighted by atomic mass is 79.9. The Morgan fingerprint density at radius 3 is 2.27 bits per heavy atom. The second kappa shape index (κ2) is 5.16. The second-order valence-corrected chi connectivity index (χ2v) is 2.71. The third-order valence-electron chi connectivity index (χ3n) is 1.08. The monoisotopic (exact) mass is 234 g/mol. The number of nitrogens with zero attached hydrogens (tertiary/aromatic N) is 1. The molecule has 0 saturated carbocycles. The molecule has 0 unspecified atom stereocenters. The summed E-state index contributed by atoms with van der Waals surface area (Å²) < 4.78 is 1.02. The average molecular weight is 235 g/mol. The maximum atomic E-state index is 8.15. The SMILES string of the molecule is O/N=C/c1ccc(Br)cc1.[Cl-]. The minimum absolute atomic E-state index is 0. The fraction of sp³-hybridized carbons (Fsp3) is 0. The summed E-state index contributed by atoms with van der Waals surface area (Å²) >= 11 is 3.29. The van der Waals surface area contributed by atoms with E-state index in [1.54, 1.807) is 0 Å². The zero-order valence-electron chi connectivity index (χ0n) is 5.54. The minimum atomic E-state index is 0. The lowest BCUT2D eigenvalue weighted by atomic mass is 10.2. The molecule has 2 nitrogen and oxygen atoms in total. The molecule has 0 atom stereocenters. The Kier molecular flexibility index (Phi) is 4.90. The number of halogens is 2. The number of benzene rings is 1. The quantitative estimate of drug-likeness (QED) is 0.388. The molecule has 1 N–H and O–H groups in total. The molecule has 0 spiro atoms. The molecule has 0 heterocycles. The summed E-state index contributed by atoms with van der Waals surface area (Å²) in [4.78, 5) is 0. The van der Waals surface area contributed by atoms with E-state index in [0.29, 0.717) is 0 Å². The van der Waals surface area contributed by atoms with Crippen molar-refractivity contribution in [1.82, 2.24) is 0 Å². The highest BCUT2D eigenvalue weighted by molar-refractivity contribution is 9.10. The summed E-state index contributed by atoms with van der Waals surface area (Å²) in [6.07, 6.45) is 1.38. The topological polar surface area (TPSA) is 32.6 Å². The van der Waals surface area contributed by atoms with Gasteiger partial charge >= 0.3 is 0 Å². The van der Waals surface area contributed by atoms with Gasteiger partial charge in [-0.25, -0.2) is 0 Å². The van der Waals surface area contributed by atoms with E-state index in [1.165, 1.54) is 6.21 Å². The van der Waals surface area contributed by atoms with E-state index in [1.807, 2.05) is 24.3 Å². The van der Waals surface area contributed by atoms with Crippen LogP contribution >= 0.6 is 15.9 Å². The van der Waals surface area contributed by atoms with E-state index in [0.717, 1.165) is 10.0 Å². The molecular formula is C7H6BrClNO-. The normalized spacial score (nSPS) is 9.55. The molecule has 0 aliphatic heterocycles.